The minimum Gasteiger partial charge on any atom is -0.444 e. The van der Waals surface area contributed by atoms with Crippen molar-refractivity contribution in [2.75, 3.05) is 18.8 Å². The zero-order valence-electron chi connectivity index (χ0n) is 23.8. The molecular formula is C29H49N3O4S. The van der Waals surface area contributed by atoms with Gasteiger partial charge in [0.2, 0.25) is 11.8 Å². The molecule has 210 valence electrons. The van der Waals surface area contributed by atoms with Gasteiger partial charge in [-0.3, -0.25) is 9.59 Å². The number of thiol groups is 1. The van der Waals surface area contributed by atoms with Crippen LogP contribution >= 0.6 is 12.6 Å². The molecule has 1 aromatic rings. The van der Waals surface area contributed by atoms with Crippen molar-refractivity contribution < 1.29 is 19.1 Å². The minimum atomic E-state index is -0.922. The van der Waals surface area contributed by atoms with E-state index in [4.69, 9.17) is 4.74 Å². The molecule has 0 saturated carbocycles. The Balaban J connectivity index is 3.33. The first-order valence-corrected chi connectivity index (χ1v) is 14.5. The molecule has 2 N–H and O–H groups in total. The Bertz CT molecular complexity index is 823. The molecule has 1 aromatic carbocycles. The SMILES string of the molecule is CCCCCCN(C(=O)C(CS)NC(=O)OC(C)(C)C)C(C(=O)NCCCCC)c1ccc(CC)cc1. The van der Waals surface area contributed by atoms with Gasteiger partial charge in [0.25, 0.3) is 0 Å². The van der Waals surface area contributed by atoms with E-state index in [1.54, 1.807) is 25.7 Å². The summed E-state index contributed by atoms with van der Waals surface area (Å²) < 4.78 is 5.37. The molecule has 0 radical (unpaired) electrons. The van der Waals surface area contributed by atoms with Crippen molar-refractivity contribution in [1.29, 1.82) is 0 Å². The standard InChI is InChI=1S/C29H49N3O4S/c1-7-10-12-14-20-32(27(34)24(21-37)31-28(35)36-29(4,5)6)25(26(33)30-19-13-11-8-2)23-17-15-22(9-3)16-18-23/h15-18,24-25,37H,7-14,19-21H2,1-6H3,(H,30,33)(H,31,35). The molecule has 37 heavy (non-hydrogen) atoms. The van der Waals surface area contributed by atoms with Gasteiger partial charge in [0.15, 0.2) is 0 Å². The van der Waals surface area contributed by atoms with Crippen LogP contribution in [0.4, 0.5) is 4.79 Å². The van der Waals surface area contributed by atoms with Crippen LogP contribution in [-0.2, 0) is 20.7 Å². The molecule has 1 rings (SSSR count). The van der Waals surface area contributed by atoms with Gasteiger partial charge in [0, 0.05) is 18.8 Å². The van der Waals surface area contributed by atoms with Gasteiger partial charge in [0.1, 0.15) is 17.7 Å². The van der Waals surface area contributed by atoms with Crippen LogP contribution in [0.25, 0.3) is 0 Å². The van der Waals surface area contributed by atoms with Crippen LogP contribution in [0.15, 0.2) is 24.3 Å². The van der Waals surface area contributed by atoms with Gasteiger partial charge < -0.3 is 20.3 Å². The van der Waals surface area contributed by atoms with Gasteiger partial charge in [-0.15, -0.1) is 0 Å². The molecule has 0 aliphatic heterocycles. The number of rotatable bonds is 16. The number of nitrogens with zero attached hydrogens (tertiary/aromatic N) is 1. The summed E-state index contributed by atoms with van der Waals surface area (Å²) in [5, 5.41) is 5.71. The maximum atomic E-state index is 13.9. The van der Waals surface area contributed by atoms with Crippen molar-refractivity contribution in [1.82, 2.24) is 15.5 Å². The Morgan fingerprint density at radius 1 is 0.946 bits per heavy atom. The Morgan fingerprint density at radius 2 is 1.57 bits per heavy atom. The summed E-state index contributed by atoms with van der Waals surface area (Å²) in [4.78, 5) is 41.6. The maximum Gasteiger partial charge on any atom is 0.408 e. The third-order valence-corrected chi connectivity index (χ3v) is 6.42. The number of alkyl carbamates (subject to hydrolysis) is 1. The number of ether oxygens (including phenoxy) is 1. The van der Waals surface area contributed by atoms with E-state index in [1.165, 1.54) is 0 Å². The van der Waals surface area contributed by atoms with E-state index in [0.29, 0.717) is 13.1 Å². The average Bonchev–Trinajstić information content (AvgIpc) is 2.85. The van der Waals surface area contributed by atoms with E-state index < -0.39 is 23.8 Å². The summed E-state index contributed by atoms with van der Waals surface area (Å²) in [5.74, 6) is -0.464. The number of benzene rings is 1. The zero-order chi connectivity index (χ0) is 27.8. The van der Waals surface area contributed by atoms with Crippen molar-refractivity contribution in [2.45, 2.75) is 111 Å². The number of hydrogen-bond donors (Lipinski definition) is 3. The average molecular weight is 536 g/mol. The van der Waals surface area contributed by atoms with Crippen LogP contribution in [0.2, 0.25) is 0 Å². The molecule has 0 spiro atoms. The van der Waals surface area contributed by atoms with Gasteiger partial charge >= 0.3 is 6.09 Å². The lowest BCUT2D eigenvalue weighted by Crippen LogP contribution is -2.54. The fourth-order valence-corrected chi connectivity index (χ4v) is 4.25. The van der Waals surface area contributed by atoms with Gasteiger partial charge in [0.05, 0.1) is 0 Å². The summed E-state index contributed by atoms with van der Waals surface area (Å²) in [6, 6.07) is 6.14. The first-order chi connectivity index (χ1) is 17.6. The van der Waals surface area contributed by atoms with Crippen LogP contribution in [-0.4, -0.2) is 53.3 Å². The van der Waals surface area contributed by atoms with Crippen LogP contribution in [0.3, 0.4) is 0 Å². The van der Waals surface area contributed by atoms with Crippen molar-refractivity contribution >= 4 is 30.5 Å². The largest absolute Gasteiger partial charge is 0.444 e. The second-order valence-corrected chi connectivity index (χ2v) is 10.8. The number of hydrogen-bond acceptors (Lipinski definition) is 5. The summed E-state index contributed by atoms with van der Waals surface area (Å²) in [7, 11) is 0. The van der Waals surface area contributed by atoms with E-state index >= 15 is 0 Å². The van der Waals surface area contributed by atoms with Crippen molar-refractivity contribution in [3.05, 3.63) is 35.4 Å². The van der Waals surface area contributed by atoms with Gasteiger partial charge in [-0.1, -0.05) is 77.1 Å². The summed E-state index contributed by atoms with van der Waals surface area (Å²) in [6.45, 7) is 12.6. The molecule has 0 saturated heterocycles. The summed E-state index contributed by atoms with van der Waals surface area (Å²) in [6.07, 6.45) is 6.99. The Labute approximate surface area is 229 Å². The van der Waals surface area contributed by atoms with E-state index in [-0.39, 0.29) is 17.6 Å². The van der Waals surface area contributed by atoms with Crippen molar-refractivity contribution in [2.24, 2.45) is 0 Å². The van der Waals surface area contributed by atoms with Gasteiger partial charge in [-0.05, 0) is 51.2 Å². The zero-order valence-corrected chi connectivity index (χ0v) is 24.7. The minimum absolute atomic E-state index is 0.0865. The molecule has 7 nitrogen and oxygen atoms in total. The first kappa shape index (κ1) is 32.8. The lowest BCUT2D eigenvalue weighted by atomic mass is 10.00. The molecule has 0 fully saturated rings. The Morgan fingerprint density at radius 3 is 2.11 bits per heavy atom. The van der Waals surface area contributed by atoms with Crippen LogP contribution in [0, 0.1) is 0 Å². The predicted octanol–water partition coefficient (Wildman–Crippen LogP) is 5.83. The molecule has 0 aliphatic rings. The molecular weight excluding hydrogens is 486 g/mol. The van der Waals surface area contributed by atoms with Crippen molar-refractivity contribution in [3.8, 4) is 0 Å². The highest BCUT2D eigenvalue weighted by Crippen LogP contribution is 2.25. The third-order valence-electron chi connectivity index (χ3n) is 6.05. The lowest BCUT2D eigenvalue weighted by molar-refractivity contribution is -0.142. The van der Waals surface area contributed by atoms with E-state index in [2.05, 4.69) is 44.0 Å². The van der Waals surface area contributed by atoms with Crippen LogP contribution in [0.1, 0.15) is 104 Å². The topological polar surface area (TPSA) is 87.7 Å². The van der Waals surface area contributed by atoms with E-state index in [9.17, 15) is 14.4 Å². The quantitative estimate of drug-likeness (QED) is 0.184. The highest BCUT2D eigenvalue weighted by Gasteiger charge is 2.35. The third kappa shape index (κ3) is 12.2. The normalized spacial score (nSPS) is 12.9. The van der Waals surface area contributed by atoms with Crippen molar-refractivity contribution in [3.63, 3.8) is 0 Å². The van der Waals surface area contributed by atoms with E-state index in [1.807, 2.05) is 24.3 Å². The highest BCUT2D eigenvalue weighted by atomic mass is 32.1. The number of carbonyl (C=O) groups is 3. The Hall–Kier alpha value is -2.22. The molecule has 0 bridgehead atoms. The molecule has 2 atom stereocenters. The summed E-state index contributed by atoms with van der Waals surface area (Å²) in [5.41, 5.74) is 1.21. The number of unbranched alkanes of at least 4 members (excludes halogenated alkanes) is 5. The lowest BCUT2D eigenvalue weighted by Gasteiger charge is -2.34. The monoisotopic (exact) mass is 535 g/mol. The second-order valence-electron chi connectivity index (χ2n) is 10.5. The van der Waals surface area contributed by atoms with Crippen LogP contribution in [0.5, 0.6) is 0 Å². The van der Waals surface area contributed by atoms with Gasteiger partial charge in [-0.25, -0.2) is 4.79 Å². The molecule has 2 unspecified atom stereocenters. The van der Waals surface area contributed by atoms with Gasteiger partial charge in [-0.2, -0.15) is 12.6 Å². The number of amides is 3. The number of nitrogens with one attached hydrogen (secondary N) is 2. The molecule has 0 heterocycles. The Kier molecular flexibility index (Phi) is 15.4. The first-order valence-electron chi connectivity index (χ1n) is 13.8. The number of aryl methyl sites for hydroxylation is 1. The molecule has 0 aliphatic carbocycles. The second kappa shape index (κ2) is 17.3. The molecule has 8 heteroatoms. The number of carbonyl (C=O) groups excluding carboxylic acids is 3. The maximum absolute atomic E-state index is 13.9. The highest BCUT2D eigenvalue weighted by molar-refractivity contribution is 7.80. The molecule has 3 amide bonds. The summed E-state index contributed by atoms with van der Waals surface area (Å²) >= 11 is 4.36. The fourth-order valence-electron chi connectivity index (χ4n) is 4.00. The van der Waals surface area contributed by atoms with Crippen LogP contribution < -0.4 is 10.6 Å². The predicted molar refractivity (Wildman–Crippen MR) is 154 cm³/mol. The fraction of sp³-hybridized carbons (Fsp3) is 0.690. The molecule has 0 aromatic heterocycles. The smallest absolute Gasteiger partial charge is 0.408 e. The van der Waals surface area contributed by atoms with E-state index in [0.717, 1.165) is 62.5 Å².